The van der Waals surface area contributed by atoms with E-state index < -0.39 is 0 Å². The van der Waals surface area contributed by atoms with Gasteiger partial charge >= 0.3 is 0 Å². The molecule has 0 saturated carbocycles. The summed E-state index contributed by atoms with van der Waals surface area (Å²) < 4.78 is 13.8. The van der Waals surface area contributed by atoms with E-state index in [1.807, 2.05) is 25.2 Å². The average Bonchev–Trinajstić information content (AvgIpc) is 3.47. The molecule has 5 aromatic heterocycles. The van der Waals surface area contributed by atoms with Gasteiger partial charge in [-0.1, -0.05) is 12.1 Å². The molecule has 0 bridgehead atoms. The van der Waals surface area contributed by atoms with Crippen LogP contribution in [-0.4, -0.2) is 42.2 Å². The largest absolute Gasteiger partial charge is 0.387 e. The summed E-state index contributed by atoms with van der Waals surface area (Å²) >= 11 is 0. The van der Waals surface area contributed by atoms with Gasteiger partial charge in [-0.15, -0.1) is 0 Å². The zero-order valence-electron chi connectivity index (χ0n) is 17.5. The number of hydrogen-bond donors (Lipinski definition) is 3. The minimum Gasteiger partial charge on any atom is -0.387 e. The highest BCUT2D eigenvalue weighted by Crippen LogP contribution is 2.32. The summed E-state index contributed by atoms with van der Waals surface area (Å²) in [5, 5.41) is 11.3. The number of fused-ring (bicyclic) bond motifs is 2. The summed E-state index contributed by atoms with van der Waals surface area (Å²) in [7, 11) is 1.85. The predicted molar refractivity (Wildman–Crippen MR) is 125 cm³/mol. The Kier molecular flexibility index (Phi) is 4.32. The first-order valence-electron chi connectivity index (χ1n) is 10.3. The Bertz CT molecular complexity index is 1630. The number of benzene rings is 1. The van der Waals surface area contributed by atoms with Crippen LogP contribution in [0.25, 0.3) is 55.8 Å². The van der Waals surface area contributed by atoms with E-state index in [4.69, 9.17) is 4.98 Å². The summed E-state index contributed by atoms with van der Waals surface area (Å²) in [6, 6.07) is 10.4. The molecule has 0 aliphatic heterocycles. The number of rotatable bonds is 4. The van der Waals surface area contributed by atoms with E-state index >= 15 is 0 Å². The maximum atomic E-state index is 13.8. The minimum absolute atomic E-state index is 0.310. The number of anilines is 1. The molecule has 0 aliphatic carbocycles. The van der Waals surface area contributed by atoms with Gasteiger partial charge in [0.25, 0.3) is 0 Å². The van der Waals surface area contributed by atoms with Gasteiger partial charge in [0.1, 0.15) is 11.5 Å². The van der Waals surface area contributed by atoms with Gasteiger partial charge in [0.2, 0.25) is 0 Å². The van der Waals surface area contributed by atoms with Crippen LogP contribution >= 0.6 is 0 Å². The number of H-pyrrole nitrogens is 2. The lowest BCUT2D eigenvalue weighted by Crippen LogP contribution is -1.90. The van der Waals surface area contributed by atoms with Gasteiger partial charge < -0.3 is 10.3 Å². The monoisotopic (exact) mass is 436 g/mol. The molecule has 0 amide bonds. The van der Waals surface area contributed by atoms with Crippen molar-refractivity contribution in [2.24, 2.45) is 0 Å². The molecule has 6 rings (SSSR count). The summed E-state index contributed by atoms with van der Waals surface area (Å²) in [5.74, 6) is 0.287. The molecule has 0 atom stereocenters. The lowest BCUT2D eigenvalue weighted by molar-refractivity contribution is 0.628. The standard InChI is InChI=1S/C24H17FN8/c1-26-17-6-14(8-27-10-17)15-7-18-22(32-33-23(18)29-9-15)24-30-20-12-28-11-19(21(20)31-24)13-3-2-4-16(25)5-13/h2-12,26H,1H3,(H,30,31)(H,29,32,33). The van der Waals surface area contributed by atoms with Crippen molar-refractivity contribution in [1.82, 2.24) is 35.1 Å². The van der Waals surface area contributed by atoms with Gasteiger partial charge in [-0.05, 0) is 29.8 Å². The van der Waals surface area contributed by atoms with Gasteiger partial charge in [-0.2, -0.15) is 5.10 Å². The molecule has 0 radical (unpaired) electrons. The van der Waals surface area contributed by atoms with Crippen LogP contribution in [-0.2, 0) is 0 Å². The Balaban J connectivity index is 1.49. The van der Waals surface area contributed by atoms with E-state index in [2.05, 4.69) is 35.5 Å². The second kappa shape index (κ2) is 7.49. The molecule has 0 aliphatic rings. The summed E-state index contributed by atoms with van der Waals surface area (Å²) in [5.41, 5.74) is 6.93. The van der Waals surface area contributed by atoms with Gasteiger partial charge in [0.15, 0.2) is 11.5 Å². The van der Waals surface area contributed by atoms with E-state index in [-0.39, 0.29) is 5.82 Å². The van der Waals surface area contributed by atoms with E-state index in [1.165, 1.54) is 12.1 Å². The lowest BCUT2D eigenvalue weighted by atomic mass is 10.1. The molecule has 0 unspecified atom stereocenters. The minimum atomic E-state index is -0.310. The topological polar surface area (TPSA) is 108 Å². The molecule has 6 aromatic rings. The third-order valence-corrected chi connectivity index (χ3v) is 5.54. The second-order valence-corrected chi connectivity index (χ2v) is 7.59. The zero-order chi connectivity index (χ0) is 22.4. The molecular weight excluding hydrogens is 419 g/mol. The Labute approximate surface area is 187 Å². The number of aromatic amines is 2. The van der Waals surface area contributed by atoms with Crippen LogP contribution < -0.4 is 5.32 Å². The quantitative estimate of drug-likeness (QED) is 0.366. The number of nitrogens with zero attached hydrogens (tertiary/aromatic N) is 5. The first-order chi connectivity index (χ1) is 16.2. The Morgan fingerprint density at radius 3 is 2.67 bits per heavy atom. The molecule has 3 N–H and O–H groups in total. The lowest BCUT2D eigenvalue weighted by Gasteiger charge is -2.04. The van der Waals surface area contributed by atoms with Crippen LogP contribution in [0, 0.1) is 5.82 Å². The van der Waals surface area contributed by atoms with Gasteiger partial charge in [0, 0.05) is 48.5 Å². The zero-order valence-corrected chi connectivity index (χ0v) is 17.5. The van der Waals surface area contributed by atoms with E-state index in [0.717, 1.165) is 33.3 Å². The molecule has 1 aromatic carbocycles. The maximum absolute atomic E-state index is 13.8. The van der Waals surface area contributed by atoms with Crippen molar-refractivity contribution in [3.63, 3.8) is 0 Å². The average molecular weight is 436 g/mol. The van der Waals surface area contributed by atoms with E-state index in [9.17, 15) is 4.39 Å². The van der Waals surface area contributed by atoms with Crippen molar-refractivity contribution in [3.05, 3.63) is 73.2 Å². The van der Waals surface area contributed by atoms with Crippen molar-refractivity contribution >= 4 is 27.8 Å². The molecule has 8 nitrogen and oxygen atoms in total. The van der Waals surface area contributed by atoms with Crippen LogP contribution in [0.15, 0.2) is 67.4 Å². The highest BCUT2D eigenvalue weighted by molar-refractivity contribution is 5.96. The first kappa shape index (κ1) is 19.1. The predicted octanol–water partition coefficient (Wildman–Crippen LogP) is 4.81. The molecule has 0 saturated heterocycles. The fourth-order valence-corrected chi connectivity index (χ4v) is 3.89. The van der Waals surface area contributed by atoms with Gasteiger partial charge in [-0.3, -0.25) is 15.1 Å². The SMILES string of the molecule is CNc1cncc(-c2cnc3n[nH]c(-c4nc5c(-c6cccc(F)c6)cncc5[nH]4)c3c2)c1. The number of halogens is 1. The molecule has 0 spiro atoms. The third-order valence-electron chi connectivity index (χ3n) is 5.54. The highest BCUT2D eigenvalue weighted by atomic mass is 19.1. The summed E-state index contributed by atoms with van der Waals surface area (Å²) in [6.45, 7) is 0. The van der Waals surface area contributed by atoms with Crippen LogP contribution in [0.4, 0.5) is 10.1 Å². The fraction of sp³-hybridized carbons (Fsp3) is 0.0417. The van der Waals surface area contributed by atoms with Crippen molar-refractivity contribution in [2.45, 2.75) is 0 Å². The first-order valence-corrected chi connectivity index (χ1v) is 10.3. The Morgan fingerprint density at radius 2 is 1.79 bits per heavy atom. The van der Waals surface area contributed by atoms with Crippen LogP contribution in [0.1, 0.15) is 0 Å². The number of aromatic nitrogens is 7. The number of hydrogen-bond acceptors (Lipinski definition) is 6. The number of pyridine rings is 3. The maximum Gasteiger partial charge on any atom is 0.181 e. The van der Waals surface area contributed by atoms with E-state index in [0.29, 0.717) is 28.2 Å². The van der Waals surface area contributed by atoms with E-state index in [1.54, 1.807) is 37.1 Å². The molecule has 160 valence electrons. The van der Waals surface area contributed by atoms with Crippen molar-refractivity contribution < 1.29 is 4.39 Å². The van der Waals surface area contributed by atoms with Crippen LogP contribution in [0.5, 0.6) is 0 Å². The van der Waals surface area contributed by atoms with Crippen LogP contribution in [0.3, 0.4) is 0 Å². The van der Waals surface area contributed by atoms with Crippen molar-refractivity contribution in [3.8, 4) is 33.8 Å². The molecule has 33 heavy (non-hydrogen) atoms. The summed E-state index contributed by atoms with van der Waals surface area (Å²) in [6.07, 6.45) is 8.72. The Hall–Kier alpha value is -4.66. The highest BCUT2D eigenvalue weighted by Gasteiger charge is 2.16. The Morgan fingerprint density at radius 1 is 0.909 bits per heavy atom. The molecule has 0 fully saturated rings. The van der Waals surface area contributed by atoms with Crippen molar-refractivity contribution in [2.75, 3.05) is 12.4 Å². The van der Waals surface area contributed by atoms with Crippen molar-refractivity contribution in [1.29, 1.82) is 0 Å². The normalized spacial score (nSPS) is 11.3. The van der Waals surface area contributed by atoms with Gasteiger partial charge in [0.05, 0.1) is 28.3 Å². The molecule has 5 heterocycles. The second-order valence-electron chi connectivity index (χ2n) is 7.59. The number of nitrogens with one attached hydrogen (secondary N) is 3. The third kappa shape index (κ3) is 3.26. The summed E-state index contributed by atoms with van der Waals surface area (Å²) in [4.78, 5) is 21.2. The van der Waals surface area contributed by atoms with Crippen LogP contribution in [0.2, 0.25) is 0 Å². The molecule has 9 heteroatoms. The van der Waals surface area contributed by atoms with Gasteiger partial charge in [-0.25, -0.2) is 14.4 Å². The fourth-order valence-electron chi connectivity index (χ4n) is 3.89. The number of imidazole rings is 1. The smallest absolute Gasteiger partial charge is 0.181 e. The molecular formula is C24H17FN8.